The number of sulfonamides is 1. The van der Waals surface area contributed by atoms with E-state index < -0.39 is 15.9 Å². The van der Waals surface area contributed by atoms with Gasteiger partial charge in [0, 0.05) is 10.6 Å². The van der Waals surface area contributed by atoms with Gasteiger partial charge in [-0.05, 0) is 78.7 Å². The van der Waals surface area contributed by atoms with Crippen LogP contribution in [0.15, 0.2) is 108 Å². The first kappa shape index (κ1) is 23.5. The first-order chi connectivity index (χ1) is 16.4. The monoisotopic (exact) mass is 491 g/mol. The highest BCUT2D eigenvalue weighted by Crippen LogP contribution is 2.29. The number of rotatable bonds is 7. The number of halogens is 1. The summed E-state index contributed by atoms with van der Waals surface area (Å²) in [7, 11) is -4.22. The normalized spacial score (nSPS) is 11.1. The van der Waals surface area contributed by atoms with Gasteiger partial charge in [-0.15, -0.1) is 0 Å². The van der Waals surface area contributed by atoms with E-state index in [1.54, 1.807) is 48.5 Å². The van der Waals surface area contributed by atoms with Crippen molar-refractivity contribution >= 4 is 33.2 Å². The zero-order chi connectivity index (χ0) is 24.1. The number of hydrogen-bond donors (Lipinski definition) is 0. The summed E-state index contributed by atoms with van der Waals surface area (Å²) < 4.78 is 33.4. The highest BCUT2D eigenvalue weighted by Gasteiger charge is 2.32. The van der Waals surface area contributed by atoms with E-state index in [0.717, 1.165) is 15.4 Å². The average Bonchev–Trinajstić information content (AvgIpc) is 2.86. The maximum atomic E-state index is 13.6. The molecule has 0 atom stereocenters. The van der Waals surface area contributed by atoms with E-state index in [0.29, 0.717) is 17.4 Å². The molecule has 4 aromatic rings. The number of benzene rings is 4. The van der Waals surface area contributed by atoms with Crippen LogP contribution in [0.3, 0.4) is 0 Å². The number of anilines is 1. The van der Waals surface area contributed by atoms with Crippen LogP contribution in [-0.4, -0.2) is 20.9 Å². The summed E-state index contributed by atoms with van der Waals surface area (Å²) in [4.78, 5) is 13.5. The maximum absolute atomic E-state index is 13.6. The number of amides is 1. The van der Waals surface area contributed by atoms with Gasteiger partial charge >= 0.3 is 0 Å². The molecule has 0 aliphatic heterocycles. The van der Waals surface area contributed by atoms with Crippen molar-refractivity contribution in [3.05, 3.63) is 114 Å². The van der Waals surface area contributed by atoms with Crippen molar-refractivity contribution in [2.75, 3.05) is 10.9 Å². The number of hydrogen-bond acceptors (Lipinski definition) is 4. The molecular weight excluding hydrogens is 470 g/mol. The summed E-state index contributed by atoms with van der Waals surface area (Å²) in [5.41, 5.74) is 2.37. The highest BCUT2D eigenvalue weighted by molar-refractivity contribution is 7.93. The number of carbonyl (C=O) groups excluding carboxylic acids is 1. The molecule has 4 aromatic carbocycles. The fraction of sp³-hybridized carbons (Fsp3) is 0.0741. The molecule has 0 fully saturated rings. The summed E-state index contributed by atoms with van der Waals surface area (Å²) in [5.74, 6) is -0.0894. The molecule has 34 heavy (non-hydrogen) atoms. The minimum Gasteiger partial charge on any atom is -0.494 e. The molecule has 0 bridgehead atoms. The van der Waals surface area contributed by atoms with Crippen molar-refractivity contribution in [1.29, 1.82) is 0 Å². The largest absolute Gasteiger partial charge is 0.494 e. The second-order valence-corrected chi connectivity index (χ2v) is 9.62. The van der Waals surface area contributed by atoms with Crippen molar-refractivity contribution in [1.82, 2.24) is 0 Å². The summed E-state index contributed by atoms with van der Waals surface area (Å²) in [6, 6.07) is 28.7. The van der Waals surface area contributed by atoms with Crippen LogP contribution in [0.1, 0.15) is 17.3 Å². The molecule has 0 radical (unpaired) electrons. The Labute approximate surface area is 204 Å². The van der Waals surface area contributed by atoms with Gasteiger partial charge in [0.15, 0.2) is 0 Å². The Morgan fingerprint density at radius 1 is 0.794 bits per heavy atom. The van der Waals surface area contributed by atoms with Crippen molar-refractivity contribution in [3.63, 3.8) is 0 Å². The maximum Gasteiger partial charge on any atom is 0.272 e. The van der Waals surface area contributed by atoms with Gasteiger partial charge in [-0.3, -0.25) is 4.79 Å². The lowest BCUT2D eigenvalue weighted by molar-refractivity contribution is 0.101. The molecule has 0 aliphatic carbocycles. The van der Waals surface area contributed by atoms with Gasteiger partial charge in [-0.25, -0.2) is 8.42 Å². The highest BCUT2D eigenvalue weighted by atomic mass is 35.5. The zero-order valence-corrected chi connectivity index (χ0v) is 20.0. The van der Waals surface area contributed by atoms with Gasteiger partial charge < -0.3 is 4.74 Å². The third-order valence-electron chi connectivity index (χ3n) is 5.16. The van der Waals surface area contributed by atoms with E-state index in [4.69, 9.17) is 16.3 Å². The third-order valence-corrected chi connectivity index (χ3v) is 7.13. The Balaban J connectivity index is 1.75. The Morgan fingerprint density at radius 2 is 1.38 bits per heavy atom. The van der Waals surface area contributed by atoms with Crippen molar-refractivity contribution in [2.24, 2.45) is 0 Å². The van der Waals surface area contributed by atoms with E-state index in [9.17, 15) is 13.2 Å². The molecule has 0 aromatic heterocycles. The molecule has 0 heterocycles. The van der Waals surface area contributed by atoms with Crippen LogP contribution in [0, 0.1) is 0 Å². The van der Waals surface area contributed by atoms with E-state index >= 15 is 0 Å². The number of ether oxygens (including phenoxy) is 1. The van der Waals surface area contributed by atoms with Gasteiger partial charge in [0.1, 0.15) is 5.75 Å². The molecule has 5 nitrogen and oxygen atoms in total. The standard InChI is InChI=1S/C27H22ClNO4S/c1-2-33-25-16-14-24(15-17-25)29(34(31,32)26-18-12-23(28)13-19-26)27(30)22-10-8-21(9-11-22)20-6-4-3-5-7-20/h3-19H,2H2,1H3. The molecule has 0 saturated heterocycles. The first-order valence-electron chi connectivity index (χ1n) is 10.6. The SMILES string of the molecule is CCOc1ccc(N(C(=O)c2ccc(-c3ccccc3)cc2)S(=O)(=O)c2ccc(Cl)cc2)cc1. The van der Waals surface area contributed by atoms with Crippen LogP contribution >= 0.6 is 11.6 Å². The molecule has 0 N–H and O–H groups in total. The summed E-state index contributed by atoms with van der Waals surface area (Å²) in [6.07, 6.45) is 0. The van der Waals surface area contributed by atoms with E-state index in [1.807, 2.05) is 37.3 Å². The number of carbonyl (C=O) groups is 1. The molecule has 172 valence electrons. The minimum absolute atomic E-state index is 0.0416. The molecule has 0 spiro atoms. The second-order valence-electron chi connectivity index (χ2n) is 7.40. The molecule has 0 aliphatic rings. The minimum atomic E-state index is -4.22. The summed E-state index contributed by atoms with van der Waals surface area (Å²) in [6.45, 7) is 2.33. The van der Waals surface area contributed by atoms with Crippen molar-refractivity contribution in [2.45, 2.75) is 11.8 Å². The average molecular weight is 492 g/mol. The van der Waals surface area contributed by atoms with Crippen LogP contribution in [0.4, 0.5) is 5.69 Å². The molecule has 0 saturated carbocycles. The predicted octanol–water partition coefficient (Wildman–Crippen LogP) is 6.44. The molecule has 1 amide bonds. The van der Waals surface area contributed by atoms with E-state index in [-0.39, 0.29) is 16.1 Å². The summed E-state index contributed by atoms with van der Waals surface area (Å²) >= 11 is 5.94. The van der Waals surface area contributed by atoms with Crippen LogP contribution in [0.5, 0.6) is 5.75 Å². The smallest absolute Gasteiger partial charge is 0.272 e. The predicted molar refractivity (Wildman–Crippen MR) is 135 cm³/mol. The number of nitrogens with zero attached hydrogens (tertiary/aromatic N) is 1. The quantitative estimate of drug-likeness (QED) is 0.298. The fourth-order valence-corrected chi connectivity index (χ4v) is 5.01. The van der Waals surface area contributed by atoms with Crippen LogP contribution in [0.2, 0.25) is 5.02 Å². The van der Waals surface area contributed by atoms with Crippen LogP contribution in [-0.2, 0) is 10.0 Å². The molecule has 7 heteroatoms. The molecule has 0 unspecified atom stereocenters. The lowest BCUT2D eigenvalue weighted by Gasteiger charge is -2.23. The van der Waals surface area contributed by atoms with Gasteiger partial charge in [0.05, 0.1) is 17.2 Å². The van der Waals surface area contributed by atoms with Gasteiger partial charge in [-0.1, -0.05) is 54.1 Å². The Kier molecular flexibility index (Phi) is 7.01. The van der Waals surface area contributed by atoms with E-state index in [1.165, 1.54) is 24.3 Å². The fourth-order valence-electron chi connectivity index (χ4n) is 3.47. The van der Waals surface area contributed by atoms with Crippen molar-refractivity contribution < 1.29 is 17.9 Å². The zero-order valence-electron chi connectivity index (χ0n) is 18.4. The molecular formula is C27H22ClNO4S. The Morgan fingerprint density at radius 3 is 1.97 bits per heavy atom. The third kappa shape index (κ3) is 4.98. The summed E-state index contributed by atoms with van der Waals surface area (Å²) in [5, 5.41) is 0.398. The lowest BCUT2D eigenvalue weighted by atomic mass is 10.0. The molecule has 4 rings (SSSR count). The van der Waals surface area contributed by atoms with Gasteiger partial charge in [0.25, 0.3) is 15.9 Å². The van der Waals surface area contributed by atoms with Crippen molar-refractivity contribution in [3.8, 4) is 16.9 Å². The van der Waals surface area contributed by atoms with E-state index in [2.05, 4.69) is 0 Å². The second kappa shape index (κ2) is 10.1. The van der Waals surface area contributed by atoms with Gasteiger partial charge in [-0.2, -0.15) is 4.31 Å². The van der Waals surface area contributed by atoms with Crippen LogP contribution < -0.4 is 9.04 Å². The van der Waals surface area contributed by atoms with Gasteiger partial charge in [0.2, 0.25) is 0 Å². The Hall–Kier alpha value is -3.61. The lowest BCUT2D eigenvalue weighted by Crippen LogP contribution is -2.37. The van der Waals surface area contributed by atoms with Crippen LogP contribution in [0.25, 0.3) is 11.1 Å². The topological polar surface area (TPSA) is 63.7 Å². The Bertz CT molecular complexity index is 1370. The first-order valence-corrected chi connectivity index (χ1v) is 12.5.